The van der Waals surface area contributed by atoms with Gasteiger partial charge < -0.3 is 15.5 Å². The molecule has 2 aromatic rings. The third kappa shape index (κ3) is 6.37. The average molecular weight is 491 g/mol. The number of carbonyl (C=O) groups excluding carboxylic acids is 2. The Bertz CT molecular complexity index is 1030. The van der Waals surface area contributed by atoms with Crippen molar-refractivity contribution in [2.75, 3.05) is 17.2 Å². The SMILES string of the molecule is O=C(NNC(=O)C1=NOC(CNc2ncc(C(F)(F)F)cc2Cl)C1)Nc1ccc(Cl)cc1. The quantitative estimate of drug-likeness (QED) is 0.475. The fourth-order valence-electron chi connectivity index (χ4n) is 2.49. The van der Waals surface area contributed by atoms with Gasteiger partial charge in [0.25, 0.3) is 5.91 Å². The van der Waals surface area contributed by atoms with Crippen LogP contribution in [-0.2, 0) is 15.8 Å². The van der Waals surface area contributed by atoms with Gasteiger partial charge in [0.1, 0.15) is 11.5 Å². The summed E-state index contributed by atoms with van der Waals surface area (Å²) < 4.78 is 38.0. The number of anilines is 2. The first-order valence-electron chi connectivity index (χ1n) is 8.94. The number of rotatable bonds is 5. The van der Waals surface area contributed by atoms with Crippen molar-refractivity contribution in [2.24, 2.45) is 5.16 Å². The third-order valence-electron chi connectivity index (χ3n) is 4.05. The molecule has 4 N–H and O–H groups in total. The van der Waals surface area contributed by atoms with Crippen molar-refractivity contribution in [1.29, 1.82) is 0 Å². The number of pyridine rings is 1. The van der Waals surface area contributed by atoms with Crippen LogP contribution in [0.2, 0.25) is 10.0 Å². The first-order chi connectivity index (χ1) is 15.1. The summed E-state index contributed by atoms with van der Waals surface area (Å²) >= 11 is 11.6. The van der Waals surface area contributed by atoms with Crippen LogP contribution < -0.4 is 21.5 Å². The molecule has 3 amide bonds. The number of alkyl halides is 3. The number of hydrogen-bond donors (Lipinski definition) is 4. The summed E-state index contributed by atoms with van der Waals surface area (Å²) in [4.78, 5) is 32.7. The van der Waals surface area contributed by atoms with Crippen LogP contribution >= 0.6 is 23.2 Å². The molecular formula is C18H15Cl2F3N6O3. The van der Waals surface area contributed by atoms with E-state index < -0.39 is 29.8 Å². The Morgan fingerprint density at radius 1 is 1.16 bits per heavy atom. The molecule has 1 aromatic heterocycles. The van der Waals surface area contributed by atoms with Gasteiger partial charge in [0.05, 0.1) is 17.1 Å². The second kappa shape index (κ2) is 9.92. The van der Waals surface area contributed by atoms with Crippen LogP contribution in [0.25, 0.3) is 0 Å². The maximum atomic E-state index is 12.7. The second-order valence-electron chi connectivity index (χ2n) is 6.44. The minimum Gasteiger partial charge on any atom is -0.390 e. The molecule has 1 atom stereocenters. The molecule has 2 heterocycles. The van der Waals surface area contributed by atoms with Gasteiger partial charge in [0.15, 0.2) is 6.10 Å². The molecule has 0 aliphatic carbocycles. The Kier molecular flexibility index (Phi) is 7.26. The van der Waals surface area contributed by atoms with Gasteiger partial charge in [-0.15, -0.1) is 0 Å². The minimum atomic E-state index is -4.56. The van der Waals surface area contributed by atoms with Crippen molar-refractivity contribution in [2.45, 2.75) is 18.7 Å². The van der Waals surface area contributed by atoms with Crippen molar-refractivity contribution in [3.05, 3.63) is 52.1 Å². The van der Waals surface area contributed by atoms with Crippen molar-refractivity contribution in [1.82, 2.24) is 15.8 Å². The Morgan fingerprint density at radius 3 is 2.53 bits per heavy atom. The van der Waals surface area contributed by atoms with Gasteiger partial charge in [-0.1, -0.05) is 28.4 Å². The summed E-state index contributed by atoms with van der Waals surface area (Å²) in [5, 5.41) is 9.17. The largest absolute Gasteiger partial charge is 0.417 e. The molecule has 0 saturated carbocycles. The number of amides is 3. The van der Waals surface area contributed by atoms with E-state index in [1.165, 1.54) is 0 Å². The maximum absolute atomic E-state index is 12.7. The lowest BCUT2D eigenvalue weighted by molar-refractivity contribution is -0.137. The van der Waals surface area contributed by atoms with Crippen LogP contribution in [-0.4, -0.2) is 35.3 Å². The number of carbonyl (C=O) groups is 2. The van der Waals surface area contributed by atoms with Gasteiger partial charge in [-0.2, -0.15) is 13.2 Å². The summed E-state index contributed by atoms with van der Waals surface area (Å²) in [6.07, 6.45) is -4.42. The van der Waals surface area contributed by atoms with Crippen molar-refractivity contribution in [3.63, 3.8) is 0 Å². The summed E-state index contributed by atoms with van der Waals surface area (Å²) in [7, 11) is 0. The number of nitrogens with zero attached hydrogens (tertiary/aromatic N) is 2. The fourth-order valence-corrected chi connectivity index (χ4v) is 2.85. The highest BCUT2D eigenvalue weighted by Crippen LogP contribution is 2.32. The zero-order chi connectivity index (χ0) is 23.3. The highest BCUT2D eigenvalue weighted by atomic mass is 35.5. The number of oxime groups is 1. The summed E-state index contributed by atoms with van der Waals surface area (Å²) in [6.45, 7) is 0.0723. The summed E-state index contributed by atoms with van der Waals surface area (Å²) in [5.74, 6) is -0.661. The second-order valence-corrected chi connectivity index (χ2v) is 7.29. The topological polar surface area (TPSA) is 117 Å². The van der Waals surface area contributed by atoms with Crippen molar-refractivity contribution < 1.29 is 27.6 Å². The normalized spacial score (nSPS) is 15.4. The summed E-state index contributed by atoms with van der Waals surface area (Å²) in [6, 6.07) is 6.38. The number of urea groups is 1. The first-order valence-corrected chi connectivity index (χ1v) is 9.69. The van der Waals surface area contributed by atoms with E-state index in [-0.39, 0.29) is 29.5 Å². The molecule has 0 fully saturated rings. The van der Waals surface area contributed by atoms with E-state index >= 15 is 0 Å². The highest BCUT2D eigenvalue weighted by Gasteiger charge is 2.32. The molecular weight excluding hydrogens is 476 g/mol. The Hall–Kier alpha value is -3.25. The molecule has 0 saturated heterocycles. The van der Waals surface area contributed by atoms with E-state index in [2.05, 4.69) is 31.6 Å². The highest BCUT2D eigenvalue weighted by molar-refractivity contribution is 6.39. The van der Waals surface area contributed by atoms with Crippen molar-refractivity contribution >= 4 is 52.4 Å². The predicted octanol–water partition coefficient (Wildman–Crippen LogP) is 3.82. The van der Waals surface area contributed by atoms with Crippen molar-refractivity contribution in [3.8, 4) is 0 Å². The van der Waals surface area contributed by atoms with E-state index in [0.717, 1.165) is 6.07 Å². The molecule has 1 aromatic carbocycles. The summed E-state index contributed by atoms with van der Waals surface area (Å²) in [5.41, 5.74) is 3.85. The van der Waals surface area contributed by atoms with E-state index in [4.69, 9.17) is 28.0 Å². The number of hydrazine groups is 1. The van der Waals surface area contributed by atoms with Crippen LogP contribution in [0, 0.1) is 0 Å². The number of nitrogens with one attached hydrogen (secondary N) is 4. The minimum absolute atomic E-state index is 0.00932. The molecule has 14 heteroatoms. The molecule has 1 unspecified atom stereocenters. The van der Waals surface area contributed by atoms with Gasteiger partial charge in [0.2, 0.25) is 0 Å². The van der Waals surface area contributed by atoms with Gasteiger partial charge in [-0.05, 0) is 30.3 Å². The molecule has 170 valence electrons. The van der Waals surface area contributed by atoms with Crippen LogP contribution in [0.3, 0.4) is 0 Å². The van der Waals surface area contributed by atoms with E-state index in [1.54, 1.807) is 24.3 Å². The Morgan fingerprint density at radius 2 is 1.88 bits per heavy atom. The van der Waals surface area contributed by atoms with Gasteiger partial charge >= 0.3 is 12.2 Å². The number of aromatic nitrogens is 1. The molecule has 0 bridgehead atoms. The maximum Gasteiger partial charge on any atom is 0.417 e. The Labute approximate surface area is 189 Å². The zero-order valence-corrected chi connectivity index (χ0v) is 17.5. The number of benzene rings is 1. The average Bonchev–Trinajstić information content (AvgIpc) is 3.21. The number of halogens is 5. The monoisotopic (exact) mass is 490 g/mol. The van der Waals surface area contributed by atoms with Crippen LogP contribution in [0.1, 0.15) is 12.0 Å². The van der Waals surface area contributed by atoms with Gasteiger partial charge in [-0.25, -0.2) is 15.2 Å². The van der Waals surface area contributed by atoms with Crippen LogP contribution in [0.4, 0.5) is 29.5 Å². The lowest BCUT2D eigenvalue weighted by Gasteiger charge is -2.13. The smallest absolute Gasteiger partial charge is 0.390 e. The lowest BCUT2D eigenvalue weighted by atomic mass is 10.1. The van der Waals surface area contributed by atoms with Gasteiger partial charge in [0, 0.05) is 23.3 Å². The Balaban J connectivity index is 1.42. The standard InChI is InChI=1S/C18H15Cl2F3N6O3/c19-10-1-3-11(4-2-10)26-17(31)28-27-16(30)14-6-12(32-29-14)8-25-15-13(20)5-9(7-24-15)18(21,22)23/h1-5,7,12H,6,8H2,(H,24,25)(H,27,30)(H2,26,28,31). The molecule has 9 nitrogen and oxygen atoms in total. The number of hydrogen-bond acceptors (Lipinski definition) is 6. The van der Waals surface area contributed by atoms with E-state index in [9.17, 15) is 22.8 Å². The van der Waals surface area contributed by atoms with Gasteiger partial charge in [-0.3, -0.25) is 10.2 Å². The van der Waals surface area contributed by atoms with E-state index in [0.29, 0.717) is 16.9 Å². The fraction of sp³-hybridized carbons (Fsp3) is 0.222. The zero-order valence-electron chi connectivity index (χ0n) is 16.0. The first kappa shape index (κ1) is 23.4. The van der Waals surface area contributed by atoms with E-state index in [1.807, 2.05) is 0 Å². The predicted molar refractivity (Wildman–Crippen MR) is 111 cm³/mol. The van der Waals surface area contributed by atoms with Crippen LogP contribution in [0.15, 0.2) is 41.7 Å². The lowest BCUT2D eigenvalue weighted by Crippen LogP contribution is -2.46. The molecule has 3 rings (SSSR count). The van der Waals surface area contributed by atoms with Crippen LogP contribution in [0.5, 0.6) is 0 Å². The molecule has 1 aliphatic rings. The molecule has 0 spiro atoms. The third-order valence-corrected chi connectivity index (χ3v) is 4.59. The molecule has 1 aliphatic heterocycles. The molecule has 0 radical (unpaired) electrons. The molecule has 32 heavy (non-hydrogen) atoms.